The van der Waals surface area contributed by atoms with Crippen molar-refractivity contribution in [3.63, 3.8) is 0 Å². The highest BCUT2D eigenvalue weighted by Crippen LogP contribution is 2.39. The lowest BCUT2D eigenvalue weighted by atomic mass is 10.2. The van der Waals surface area contributed by atoms with Crippen molar-refractivity contribution in [1.29, 1.82) is 0 Å². The van der Waals surface area contributed by atoms with E-state index in [0.717, 1.165) is 18.5 Å². The Hall–Kier alpha value is -1.43. The number of pyridine rings is 1. The summed E-state index contributed by atoms with van der Waals surface area (Å²) in [4.78, 5) is 16.1. The van der Waals surface area contributed by atoms with Gasteiger partial charge in [0, 0.05) is 11.6 Å². The summed E-state index contributed by atoms with van der Waals surface area (Å²) in [5.74, 6) is -0.382. The Kier molecular flexibility index (Phi) is 3.89. The standard InChI is InChI=1S/C13H17NO4S/c1-3-18-13(15)12-11(19(16,17)4-2)8-7-10(14-12)9-5-6-9/h7-9H,3-6H2,1-2H3. The van der Waals surface area contributed by atoms with Crippen LogP contribution >= 0.6 is 0 Å². The van der Waals surface area contributed by atoms with Crippen LogP contribution in [0.15, 0.2) is 17.0 Å². The van der Waals surface area contributed by atoms with Gasteiger partial charge in [-0.3, -0.25) is 0 Å². The van der Waals surface area contributed by atoms with Gasteiger partial charge in [-0.1, -0.05) is 6.92 Å². The molecule has 0 radical (unpaired) electrons. The highest BCUT2D eigenvalue weighted by Gasteiger charge is 2.29. The van der Waals surface area contributed by atoms with Crippen LogP contribution in [0.4, 0.5) is 0 Å². The molecule has 0 N–H and O–H groups in total. The van der Waals surface area contributed by atoms with Crippen LogP contribution in [0.1, 0.15) is 48.8 Å². The molecule has 5 nitrogen and oxygen atoms in total. The van der Waals surface area contributed by atoms with Gasteiger partial charge in [0.15, 0.2) is 15.5 Å². The van der Waals surface area contributed by atoms with Crippen LogP contribution < -0.4 is 0 Å². The van der Waals surface area contributed by atoms with E-state index in [1.807, 2.05) is 0 Å². The second kappa shape index (κ2) is 5.28. The summed E-state index contributed by atoms with van der Waals surface area (Å²) >= 11 is 0. The van der Waals surface area contributed by atoms with Crippen LogP contribution in [0.3, 0.4) is 0 Å². The number of sulfone groups is 1. The van der Waals surface area contributed by atoms with Crippen molar-refractivity contribution in [2.45, 2.75) is 37.5 Å². The fraction of sp³-hybridized carbons (Fsp3) is 0.538. The second-order valence-corrected chi connectivity index (χ2v) is 6.73. The molecule has 0 spiro atoms. The van der Waals surface area contributed by atoms with Gasteiger partial charge in [-0.25, -0.2) is 18.2 Å². The second-order valence-electron chi connectivity index (χ2n) is 4.48. The number of aromatic nitrogens is 1. The van der Waals surface area contributed by atoms with Gasteiger partial charge in [0.1, 0.15) is 4.90 Å². The first kappa shape index (κ1) is 14.0. The van der Waals surface area contributed by atoms with Gasteiger partial charge in [0.2, 0.25) is 0 Å². The van der Waals surface area contributed by atoms with E-state index in [1.54, 1.807) is 19.9 Å². The lowest BCUT2D eigenvalue weighted by molar-refractivity contribution is 0.0514. The molecule has 0 unspecified atom stereocenters. The first-order valence-electron chi connectivity index (χ1n) is 6.40. The van der Waals surface area contributed by atoms with E-state index in [9.17, 15) is 13.2 Å². The normalized spacial score (nSPS) is 15.3. The number of esters is 1. The SMILES string of the molecule is CCOC(=O)c1nc(C2CC2)ccc1S(=O)(=O)CC. The topological polar surface area (TPSA) is 73.3 Å². The zero-order valence-corrected chi connectivity index (χ0v) is 11.9. The van der Waals surface area contributed by atoms with E-state index in [2.05, 4.69) is 4.98 Å². The van der Waals surface area contributed by atoms with E-state index in [-0.39, 0.29) is 22.9 Å². The Balaban J connectivity index is 2.50. The summed E-state index contributed by atoms with van der Waals surface area (Å²) in [6, 6.07) is 3.18. The van der Waals surface area contributed by atoms with Gasteiger partial charge in [-0.2, -0.15) is 0 Å². The molecule has 0 aliphatic heterocycles. The molecular weight excluding hydrogens is 266 g/mol. The summed E-state index contributed by atoms with van der Waals surface area (Å²) in [5.41, 5.74) is 0.700. The van der Waals surface area contributed by atoms with Gasteiger partial charge in [0.25, 0.3) is 0 Å². The first-order chi connectivity index (χ1) is 8.99. The highest BCUT2D eigenvalue weighted by molar-refractivity contribution is 7.91. The predicted octanol–water partition coefficient (Wildman–Crippen LogP) is 1.93. The Morgan fingerprint density at radius 1 is 1.37 bits per heavy atom. The van der Waals surface area contributed by atoms with E-state index >= 15 is 0 Å². The Labute approximate surface area is 112 Å². The van der Waals surface area contributed by atoms with E-state index in [0.29, 0.717) is 5.92 Å². The molecule has 0 amide bonds. The van der Waals surface area contributed by atoms with Crippen molar-refractivity contribution in [2.75, 3.05) is 12.4 Å². The maximum absolute atomic E-state index is 12.0. The number of carbonyl (C=O) groups excluding carboxylic acids is 1. The van der Waals surface area contributed by atoms with Crippen LogP contribution in [-0.2, 0) is 14.6 Å². The van der Waals surface area contributed by atoms with Crippen molar-refractivity contribution in [2.24, 2.45) is 0 Å². The maximum Gasteiger partial charge on any atom is 0.358 e. The average molecular weight is 283 g/mol. The molecule has 1 aromatic rings. The molecule has 0 atom stereocenters. The number of rotatable bonds is 5. The predicted molar refractivity (Wildman–Crippen MR) is 69.9 cm³/mol. The Morgan fingerprint density at radius 2 is 2.05 bits per heavy atom. The van der Waals surface area contributed by atoms with E-state index in [1.165, 1.54) is 6.07 Å². The number of nitrogens with zero attached hydrogens (tertiary/aromatic N) is 1. The monoisotopic (exact) mass is 283 g/mol. The third-order valence-electron chi connectivity index (χ3n) is 3.06. The van der Waals surface area contributed by atoms with Gasteiger partial charge in [0.05, 0.1) is 12.4 Å². The zero-order valence-electron chi connectivity index (χ0n) is 11.0. The van der Waals surface area contributed by atoms with E-state index in [4.69, 9.17) is 4.74 Å². The van der Waals surface area contributed by atoms with Crippen molar-refractivity contribution >= 4 is 15.8 Å². The molecule has 1 saturated carbocycles. The minimum atomic E-state index is -3.48. The molecule has 0 bridgehead atoms. The minimum absolute atomic E-state index is 0.0298. The lowest BCUT2D eigenvalue weighted by Crippen LogP contribution is -2.16. The van der Waals surface area contributed by atoms with Crippen LogP contribution in [0.5, 0.6) is 0 Å². The van der Waals surface area contributed by atoms with Gasteiger partial charge >= 0.3 is 5.97 Å². The van der Waals surface area contributed by atoms with Gasteiger partial charge < -0.3 is 4.74 Å². The van der Waals surface area contributed by atoms with Crippen molar-refractivity contribution in [1.82, 2.24) is 4.98 Å². The fourth-order valence-electron chi connectivity index (χ4n) is 1.82. The summed E-state index contributed by atoms with van der Waals surface area (Å²) in [5, 5.41) is 0. The molecule has 2 rings (SSSR count). The number of carbonyl (C=O) groups is 1. The third kappa shape index (κ3) is 2.94. The Bertz CT molecular complexity index is 591. The number of ether oxygens (including phenoxy) is 1. The van der Waals surface area contributed by atoms with Crippen molar-refractivity contribution < 1.29 is 17.9 Å². The quantitative estimate of drug-likeness (QED) is 0.772. The number of hydrogen-bond donors (Lipinski definition) is 0. The molecule has 19 heavy (non-hydrogen) atoms. The van der Waals surface area contributed by atoms with Crippen LogP contribution in [-0.4, -0.2) is 31.7 Å². The number of hydrogen-bond acceptors (Lipinski definition) is 5. The third-order valence-corrected chi connectivity index (χ3v) is 4.82. The molecule has 104 valence electrons. The van der Waals surface area contributed by atoms with Crippen LogP contribution in [0.25, 0.3) is 0 Å². The van der Waals surface area contributed by atoms with Crippen molar-refractivity contribution in [3.8, 4) is 0 Å². The molecule has 1 heterocycles. The maximum atomic E-state index is 12.0. The molecule has 0 aromatic carbocycles. The average Bonchev–Trinajstić information content (AvgIpc) is 3.22. The molecule has 1 fully saturated rings. The molecule has 6 heteroatoms. The highest BCUT2D eigenvalue weighted by atomic mass is 32.2. The lowest BCUT2D eigenvalue weighted by Gasteiger charge is -2.09. The van der Waals surface area contributed by atoms with Crippen LogP contribution in [0, 0.1) is 0 Å². The first-order valence-corrected chi connectivity index (χ1v) is 8.05. The molecule has 1 aliphatic rings. The smallest absolute Gasteiger partial charge is 0.358 e. The largest absolute Gasteiger partial charge is 0.461 e. The van der Waals surface area contributed by atoms with E-state index < -0.39 is 15.8 Å². The molecular formula is C13H17NO4S. The van der Waals surface area contributed by atoms with Crippen LogP contribution in [0.2, 0.25) is 0 Å². The van der Waals surface area contributed by atoms with Crippen molar-refractivity contribution in [3.05, 3.63) is 23.5 Å². The molecule has 1 aromatic heterocycles. The summed E-state index contributed by atoms with van der Waals surface area (Å²) in [7, 11) is -3.48. The summed E-state index contributed by atoms with van der Waals surface area (Å²) in [6.45, 7) is 3.41. The zero-order chi connectivity index (χ0) is 14.0. The summed E-state index contributed by atoms with van der Waals surface area (Å²) in [6.07, 6.45) is 2.07. The molecule has 1 aliphatic carbocycles. The van der Waals surface area contributed by atoms with Gasteiger partial charge in [-0.05, 0) is 31.9 Å². The van der Waals surface area contributed by atoms with Gasteiger partial charge in [-0.15, -0.1) is 0 Å². The summed E-state index contributed by atoms with van der Waals surface area (Å²) < 4.78 is 28.9. The molecule has 0 saturated heterocycles. The fourth-order valence-corrected chi connectivity index (χ4v) is 2.83. The Morgan fingerprint density at radius 3 is 2.58 bits per heavy atom. The minimum Gasteiger partial charge on any atom is -0.461 e.